The molecule has 0 saturated heterocycles. The van der Waals surface area contributed by atoms with Gasteiger partial charge in [0.25, 0.3) is 5.91 Å². The van der Waals surface area contributed by atoms with E-state index in [0.717, 1.165) is 35.1 Å². The molecule has 6 heteroatoms. The fourth-order valence-corrected chi connectivity index (χ4v) is 3.64. The van der Waals surface area contributed by atoms with Crippen LogP contribution < -0.4 is 10.1 Å². The summed E-state index contributed by atoms with van der Waals surface area (Å²) in [5.41, 5.74) is 3.91. The second kappa shape index (κ2) is 12.5. The third kappa shape index (κ3) is 7.27. The first-order valence-corrected chi connectivity index (χ1v) is 11.7. The molecule has 32 heavy (non-hydrogen) atoms. The van der Waals surface area contributed by atoms with Crippen molar-refractivity contribution < 1.29 is 14.3 Å². The van der Waals surface area contributed by atoms with Gasteiger partial charge < -0.3 is 15.0 Å². The Hall–Kier alpha value is -2.53. The van der Waals surface area contributed by atoms with Crippen molar-refractivity contribution in [1.29, 1.82) is 0 Å². The summed E-state index contributed by atoms with van der Waals surface area (Å²) in [5.74, 6) is 0.237. The molecule has 0 radical (unpaired) electrons. The quantitative estimate of drug-likeness (QED) is 0.460. The van der Waals surface area contributed by atoms with Crippen LogP contribution in [0.2, 0.25) is 5.02 Å². The van der Waals surface area contributed by atoms with Gasteiger partial charge in [-0.05, 0) is 62.4 Å². The van der Waals surface area contributed by atoms with Crippen LogP contribution in [0.25, 0.3) is 0 Å². The number of benzene rings is 2. The molecule has 0 bridgehead atoms. The standard InChI is InChI=1S/C26H35ClN2O3/c1-6-8-13-28-26(31)23(7-2)29(16-21-11-9-18(3)10-12-21)24(30)17-32-22-14-19(4)25(27)20(5)15-22/h9-12,14-15,23H,6-8,13,16-17H2,1-5H3,(H,28,31)/t23-/m0/s1. The van der Waals surface area contributed by atoms with E-state index in [4.69, 9.17) is 16.3 Å². The Morgan fingerprint density at radius 3 is 2.25 bits per heavy atom. The average molecular weight is 459 g/mol. The summed E-state index contributed by atoms with van der Waals surface area (Å²) in [7, 11) is 0. The molecule has 0 aromatic heterocycles. The zero-order chi connectivity index (χ0) is 23.7. The highest BCUT2D eigenvalue weighted by atomic mass is 35.5. The summed E-state index contributed by atoms with van der Waals surface area (Å²) in [5, 5.41) is 3.67. The number of nitrogens with zero attached hydrogens (tertiary/aromatic N) is 1. The summed E-state index contributed by atoms with van der Waals surface area (Å²) < 4.78 is 5.81. The summed E-state index contributed by atoms with van der Waals surface area (Å²) in [4.78, 5) is 27.8. The molecule has 0 fully saturated rings. The van der Waals surface area contributed by atoms with Crippen LogP contribution in [0, 0.1) is 20.8 Å². The van der Waals surface area contributed by atoms with Crippen LogP contribution in [0.5, 0.6) is 5.75 Å². The van der Waals surface area contributed by atoms with E-state index in [2.05, 4.69) is 12.2 Å². The van der Waals surface area contributed by atoms with E-state index < -0.39 is 6.04 Å². The Labute approximate surface area is 197 Å². The molecule has 0 aliphatic heterocycles. The van der Waals surface area contributed by atoms with Crippen LogP contribution in [-0.4, -0.2) is 35.9 Å². The normalized spacial score (nSPS) is 11.7. The molecule has 0 aliphatic carbocycles. The molecule has 2 aromatic carbocycles. The predicted molar refractivity (Wildman–Crippen MR) is 130 cm³/mol. The van der Waals surface area contributed by atoms with Gasteiger partial charge in [0.15, 0.2) is 6.61 Å². The molecule has 1 atom stereocenters. The smallest absolute Gasteiger partial charge is 0.261 e. The third-order valence-electron chi connectivity index (χ3n) is 5.46. The lowest BCUT2D eigenvalue weighted by atomic mass is 10.1. The second-order valence-electron chi connectivity index (χ2n) is 8.24. The van der Waals surface area contributed by atoms with Crippen LogP contribution in [0.3, 0.4) is 0 Å². The number of rotatable bonds is 11. The van der Waals surface area contributed by atoms with Gasteiger partial charge in [-0.15, -0.1) is 0 Å². The van der Waals surface area contributed by atoms with E-state index in [1.165, 1.54) is 0 Å². The van der Waals surface area contributed by atoms with Crippen LogP contribution in [0.15, 0.2) is 36.4 Å². The number of halogens is 1. The number of carbonyl (C=O) groups excluding carboxylic acids is 2. The molecular weight excluding hydrogens is 424 g/mol. The Morgan fingerprint density at radius 1 is 1.06 bits per heavy atom. The number of carbonyl (C=O) groups is 2. The number of nitrogens with one attached hydrogen (secondary N) is 1. The number of hydrogen-bond donors (Lipinski definition) is 1. The van der Waals surface area contributed by atoms with Crippen LogP contribution in [0.1, 0.15) is 55.4 Å². The van der Waals surface area contributed by atoms with Gasteiger partial charge in [0.2, 0.25) is 5.91 Å². The molecule has 1 N–H and O–H groups in total. The first-order valence-electron chi connectivity index (χ1n) is 11.3. The van der Waals surface area contributed by atoms with Crippen LogP contribution in [0.4, 0.5) is 0 Å². The van der Waals surface area contributed by atoms with Crippen molar-refractivity contribution in [2.75, 3.05) is 13.2 Å². The third-order valence-corrected chi connectivity index (χ3v) is 6.06. The first-order chi connectivity index (χ1) is 15.3. The van der Waals surface area contributed by atoms with Gasteiger partial charge in [-0.1, -0.05) is 61.7 Å². The van der Waals surface area contributed by atoms with Gasteiger partial charge in [-0.25, -0.2) is 0 Å². The highest BCUT2D eigenvalue weighted by Gasteiger charge is 2.28. The fourth-order valence-electron chi connectivity index (χ4n) is 3.53. The van der Waals surface area contributed by atoms with Crippen molar-refractivity contribution >= 4 is 23.4 Å². The summed E-state index contributed by atoms with van der Waals surface area (Å²) in [6.45, 7) is 10.6. The number of hydrogen-bond acceptors (Lipinski definition) is 3. The molecule has 0 heterocycles. The topological polar surface area (TPSA) is 58.6 Å². The molecule has 174 valence electrons. The number of unbranched alkanes of at least 4 members (excludes halogenated alkanes) is 1. The molecule has 2 rings (SSSR count). The Bertz CT molecular complexity index is 889. The summed E-state index contributed by atoms with van der Waals surface area (Å²) in [6, 6.07) is 11.1. The van der Waals surface area contributed by atoms with Crippen molar-refractivity contribution in [3.05, 3.63) is 63.7 Å². The van der Waals surface area contributed by atoms with Crippen molar-refractivity contribution in [1.82, 2.24) is 10.2 Å². The maximum atomic E-state index is 13.3. The monoisotopic (exact) mass is 458 g/mol. The van der Waals surface area contributed by atoms with Gasteiger partial charge in [0.05, 0.1) is 0 Å². The molecular formula is C26H35ClN2O3. The van der Waals surface area contributed by atoms with E-state index >= 15 is 0 Å². The van der Waals surface area contributed by atoms with Gasteiger partial charge in [-0.2, -0.15) is 0 Å². The maximum absolute atomic E-state index is 13.3. The fraction of sp³-hybridized carbons (Fsp3) is 0.462. The minimum absolute atomic E-state index is 0.125. The lowest BCUT2D eigenvalue weighted by Crippen LogP contribution is -2.50. The first kappa shape index (κ1) is 25.7. The molecule has 0 aliphatic rings. The van der Waals surface area contributed by atoms with Crippen LogP contribution in [-0.2, 0) is 16.1 Å². The molecule has 5 nitrogen and oxygen atoms in total. The number of aryl methyl sites for hydroxylation is 3. The summed E-state index contributed by atoms with van der Waals surface area (Å²) in [6.07, 6.45) is 2.43. The zero-order valence-electron chi connectivity index (χ0n) is 19.8. The molecule has 2 amide bonds. The number of amides is 2. The van der Waals surface area contributed by atoms with E-state index in [9.17, 15) is 9.59 Å². The predicted octanol–water partition coefficient (Wildman–Crippen LogP) is 5.37. The Balaban J connectivity index is 2.20. The summed E-state index contributed by atoms with van der Waals surface area (Å²) >= 11 is 6.24. The van der Waals surface area contributed by atoms with Crippen molar-refractivity contribution in [3.8, 4) is 5.75 Å². The number of ether oxygens (including phenoxy) is 1. The average Bonchev–Trinajstić information content (AvgIpc) is 2.77. The van der Waals surface area contributed by atoms with Crippen molar-refractivity contribution in [3.63, 3.8) is 0 Å². The zero-order valence-corrected chi connectivity index (χ0v) is 20.6. The molecule has 0 spiro atoms. The lowest BCUT2D eigenvalue weighted by molar-refractivity contribution is -0.143. The minimum atomic E-state index is -0.557. The minimum Gasteiger partial charge on any atom is -0.484 e. The van der Waals surface area contributed by atoms with Crippen molar-refractivity contribution in [2.45, 2.75) is 66.5 Å². The van der Waals surface area contributed by atoms with E-state index in [1.807, 2.05) is 64.1 Å². The van der Waals surface area contributed by atoms with Crippen LogP contribution >= 0.6 is 11.6 Å². The highest BCUT2D eigenvalue weighted by Crippen LogP contribution is 2.26. The molecule has 0 unspecified atom stereocenters. The molecule has 2 aromatic rings. The SMILES string of the molecule is CCCCNC(=O)[C@H](CC)N(Cc1ccc(C)cc1)C(=O)COc1cc(C)c(Cl)c(C)c1. The highest BCUT2D eigenvalue weighted by molar-refractivity contribution is 6.32. The molecule has 0 saturated carbocycles. The lowest BCUT2D eigenvalue weighted by Gasteiger charge is -2.30. The van der Waals surface area contributed by atoms with E-state index in [1.54, 1.807) is 4.90 Å². The van der Waals surface area contributed by atoms with Gasteiger partial charge in [0.1, 0.15) is 11.8 Å². The largest absolute Gasteiger partial charge is 0.484 e. The van der Waals surface area contributed by atoms with Gasteiger partial charge in [0, 0.05) is 18.1 Å². The maximum Gasteiger partial charge on any atom is 0.261 e. The Morgan fingerprint density at radius 2 is 1.69 bits per heavy atom. The van der Waals surface area contributed by atoms with E-state index in [-0.39, 0.29) is 18.4 Å². The van der Waals surface area contributed by atoms with Crippen molar-refractivity contribution in [2.24, 2.45) is 0 Å². The Kier molecular flexibility index (Phi) is 10.0. The van der Waals surface area contributed by atoms with E-state index in [0.29, 0.717) is 30.3 Å². The van der Waals surface area contributed by atoms with Gasteiger partial charge >= 0.3 is 0 Å². The second-order valence-corrected chi connectivity index (χ2v) is 8.61. The van der Waals surface area contributed by atoms with Gasteiger partial charge in [-0.3, -0.25) is 9.59 Å².